The largest absolute Gasteiger partial charge is 0.494 e. The van der Waals surface area contributed by atoms with E-state index < -0.39 is 46.1 Å². The third-order valence-electron chi connectivity index (χ3n) is 6.93. The van der Waals surface area contributed by atoms with Crippen molar-refractivity contribution in [3.05, 3.63) is 126 Å². The number of nitrogens with one attached hydrogen (secondary N) is 1. The molecule has 44 heavy (non-hydrogen) atoms. The molecule has 0 aliphatic rings. The van der Waals surface area contributed by atoms with Gasteiger partial charge in [-0.05, 0) is 67.1 Å². The van der Waals surface area contributed by atoms with Crippen LogP contribution < -0.4 is 14.4 Å². The molecule has 4 aromatic carbocycles. The Bertz CT molecular complexity index is 1670. The molecule has 0 saturated carbocycles. The molecule has 0 aromatic heterocycles. The van der Waals surface area contributed by atoms with Gasteiger partial charge in [-0.3, -0.25) is 13.9 Å². The van der Waals surface area contributed by atoms with Gasteiger partial charge in [0.2, 0.25) is 11.8 Å². The second kappa shape index (κ2) is 14.6. The summed E-state index contributed by atoms with van der Waals surface area (Å²) in [7, 11) is -2.96. The normalized spacial score (nSPS) is 11.8. The van der Waals surface area contributed by atoms with Crippen LogP contribution >= 0.6 is 0 Å². The Balaban J connectivity index is 1.78. The standard InChI is InChI=1S/C33H33F2N3O5S/c1-3-43-28-17-19-29(20-18-28)44(41,42)38(27-15-13-26(34)14-16-27)23-32(39)37(22-25-11-7-8-12-30(25)35)31(33(40)36-2)21-24-9-5-4-6-10-24/h4-20,31H,3,21-23H2,1-2H3,(H,36,40). The molecule has 230 valence electrons. The molecule has 11 heteroatoms. The smallest absolute Gasteiger partial charge is 0.264 e. The van der Waals surface area contributed by atoms with Gasteiger partial charge in [0.25, 0.3) is 10.0 Å². The molecule has 1 atom stereocenters. The van der Waals surface area contributed by atoms with Crippen molar-refractivity contribution in [2.45, 2.75) is 30.8 Å². The van der Waals surface area contributed by atoms with Gasteiger partial charge in [-0.1, -0.05) is 48.5 Å². The zero-order valence-electron chi connectivity index (χ0n) is 24.3. The summed E-state index contributed by atoms with van der Waals surface area (Å²) < 4.78 is 63.0. The van der Waals surface area contributed by atoms with Crippen molar-refractivity contribution in [3.8, 4) is 5.75 Å². The highest BCUT2D eigenvalue weighted by Crippen LogP contribution is 2.27. The van der Waals surface area contributed by atoms with Crippen molar-refractivity contribution < 1.29 is 31.5 Å². The number of benzene rings is 4. The van der Waals surface area contributed by atoms with E-state index in [9.17, 15) is 26.8 Å². The molecule has 1 unspecified atom stereocenters. The second-order valence-electron chi connectivity index (χ2n) is 9.83. The van der Waals surface area contributed by atoms with Gasteiger partial charge in [-0.25, -0.2) is 17.2 Å². The predicted octanol–water partition coefficient (Wildman–Crippen LogP) is 4.94. The molecule has 0 bridgehead atoms. The maximum Gasteiger partial charge on any atom is 0.264 e. The van der Waals surface area contributed by atoms with Crippen LogP contribution in [0.15, 0.2) is 108 Å². The lowest BCUT2D eigenvalue weighted by atomic mass is 10.0. The van der Waals surface area contributed by atoms with Crippen LogP contribution in [0.3, 0.4) is 0 Å². The molecule has 1 N–H and O–H groups in total. The topological polar surface area (TPSA) is 96.0 Å². The van der Waals surface area contributed by atoms with Crippen LogP contribution in [0.5, 0.6) is 5.75 Å². The van der Waals surface area contributed by atoms with E-state index in [-0.39, 0.29) is 29.1 Å². The second-order valence-corrected chi connectivity index (χ2v) is 11.7. The summed E-state index contributed by atoms with van der Waals surface area (Å²) in [5, 5.41) is 2.57. The van der Waals surface area contributed by atoms with E-state index in [0.29, 0.717) is 12.4 Å². The highest BCUT2D eigenvalue weighted by atomic mass is 32.2. The minimum Gasteiger partial charge on any atom is -0.494 e. The minimum absolute atomic E-state index is 0.0269. The van der Waals surface area contributed by atoms with Crippen molar-refractivity contribution in [1.29, 1.82) is 0 Å². The molecule has 0 fully saturated rings. The van der Waals surface area contributed by atoms with Gasteiger partial charge >= 0.3 is 0 Å². The number of ether oxygens (including phenoxy) is 1. The van der Waals surface area contributed by atoms with Gasteiger partial charge in [0.05, 0.1) is 17.2 Å². The lowest BCUT2D eigenvalue weighted by Gasteiger charge is -2.33. The number of hydrogen-bond donors (Lipinski definition) is 1. The molecule has 4 aromatic rings. The first-order chi connectivity index (χ1) is 21.1. The summed E-state index contributed by atoms with van der Waals surface area (Å²) in [5.74, 6) is -2.00. The number of halogens is 2. The highest BCUT2D eigenvalue weighted by molar-refractivity contribution is 7.92. The van der Waals surface area contributed by atoms with Crippen molar-refractivity contribution in [1.82, 2.24) is 10.2 Å². The zero-order valence-corrected chi connectivity index (χ0v) is 25.1. The van der Waals surface area contributed by atoms with Crippen LogP contribution in [0.2, 0.25) is 0 Å². The highest BCUT2D eigenvalue weighted by Gasteiger charge is 2.34. The number of likely N-dealkylation sites (N-methyl/N-ethyl adjacent to an activating group) is 1. The van der Waals surface area contributed by atoms with Gasteiger partial charge in [0.1, 0.15) is 30.0 Å². The third kappa shape index (κ3) is 7.78. The average Bonchev–Trinajstić information content (AvgIpc) is 3.03. The number of sulfonamides is 1. The fraction of sp³-hybridized carbons (Fsp3) is 0.212. The molecule has 0 spiro atoms. The van der Waals surface area contributed by atoms with Crippen LogP contribution in [0.25, 0.3) is 0 Å². The Kier molecular flexibility index (Phi) is 10.7. The van der Waals surface area contributed by atoms with E-state index in [0.717, 1.165) is 22.0 Å². The summed E-state index contributed by atoms with van der Waals surface area (Å²) in [6.45, 7) is 1.12. The number of amides is 2. The summed E-state index contributed by atoms with van der Waals surface area (Å²) >= 11 is 0. The Morgan fingerprint density at radius 1 is 0.864 bits per heavy atom. The van der Waals surface area contributed by atoms with Gasteiger partial charge in [-0.15, -0.1) is 0 Å². The first-order valence-corrected chi connectivity index (χ1v) is 15.4. The summed E-state index contributed by atoms with van der Waals surface area (Å²) in [5.41, 5.74) is 0.911. The zero-order chi connectivity index (χ0) is 31.7. The lowest BCUT2D eigenvalue weighted by Crippen LogP contribution is -2.53. The van der Waals surface area contributed by atoms with E-state index in [1.807, 2.05) is 6.07 Å². The molecular weight excluding hydrogens is 588 g/mol. The van der Waals surface area contributed by atoms with E-state index in [1.54, 1.807) is 37.3 Å². The minimum atomic E-state index is -4.39. The van der Waals surface area contributed by atoms with Crippen molar-refractivity contribution >= 4 is 27.5 Å². The first kappa shape index (κ1) is 32.2. The average molecular weight is 622 g/mol. The van der Waals surface area contributed by atoms with Crippen LogP contribution in [0.4, 0.5) is 14.5 Å². The lowest BCUT2D eigenvalue weighted by molar-refractivity contribution is -0.139. The first-order valence-electron chi connectivity index (χ1n) is 13.9. The monoisotopic (exact) mass is 621 g/mol. The summed E-state index contributed by atoms with van der Waals surface area (Å²) in [6.07, 6.45) is 0.0862. The van der Waals surface area contributed by atoms with Gasteiger partial charge < -0.3 is 15.0 Å². The Morgan fingerprint density at radius 3 is 2.11 bits per heavy atom. The Hall–Kier alpha value is -4.77. The molecule has 8 nitrogen and oxygen atoms in total. The maximum atomic E-state index is 14.9. The number of hydrogen-bond acceptors (Lipinski definition) is 5. The molecule has 4 rings (SSSR count). The number of anilines is 1. The molecule has 0 heterocycles. The van der Waals surface area contributed by atoms with Gasteiger partial charge in [-0.2, -0.15) is 0 Å². The fourth-order valence-electron chi connectivity index (χ4n) is 4.67. The Labute approximate surface area is 255 Å². The van der Waals surface area contributed by atoms with Crippen molar-refractivity contribution in [2.75, 3.05) is 24.5 Å². The Morgan fingerprint density at radius 2 is 1.50 bits per heavy atom. The van der Waals surface area contributed by atoms with Crippen LogP contribution in [-0.4, -0.2) is 51.4 Å². The fourth-order valence-corrected chi connectivity index (χ4v) is 6.08. The van der Waals surface area contributed by atoms with E-state index in [2.05, 4.69) is 5.32 Å². The molecular formula is C33H33F2N3O5S. The molecule has 0 saturated heterocycles. The summed E-state index contributed by atoms with van der Waals surface area (Å²) in [4.78, 5) is 28.5. The van der Waals surface area contributed by atoms with E-state index >= 15 is 0 Å². The molecule has 0 radical (unpaired) electrons. The SMILES string of the molecule is CCOc1ccc(S(=O)(=O)N(CC(=O)N(Cc2ccccc2F)C(Cc2ccccc2)C(=O)NC)c2ccc(F)cc2)cc1. The molecule has 0 aliphatic heterocycles. The molecule has 0 aliphatic carbocycles. The maximum absolute atomic E-state index is 14.9. The van der Waals surface area contributed by atoms with Crippen LogP contribution in [-0.2, 0) is 32.6 Å². The van der Waals surface area contributed by atoms with Gasteiger partial charge in [0.15, 0.2) is 0 Å². The van der Waals surface area contributed by atoms with Gasteiger partial charge in [0, 0.05) is 25.6 Å². The number of carbonyl (C=O) groups is 2. The van der Waals surface area contributed by atoms with Crippen molar-refractivity contribution in [3.63, 3.8) is 0 Å². The number of carbonyl (C=O) groups excluding carboxylic acids is 2. The van der Waals surface area contributed by atoms with Crippen LogP contribution in [0.1, 0.15) is 18.1 Å². The summed E-state index contributed by atoms with van der Waals surface area (Å²) in [6, 6.07) is 24.1. The van der Waals surface area contributed by atoms with E-state index in [4.69, 9.17) is 4.74 Å². The predicted molar refractivity (Wildman–Crippen MR) is 163 cm³/mol. The quantitative estimate of drug-likeness (QED) is 0.228. The van der Waals surface area contributed by atoms with E-state index in [1.165, 1.54) is 66.5 Å². The number of nitrogens with zero attached hydrogens (tertiary/aromatic N) is 2. The third-order valence-corrected chi connectivity index (χ3v) is 8.72. The van der Waals surface area contributed by atoms with Crippen molar-refractivity contribution in [2.24, 2.45) is 0 Å². The molecule has 2 amide bonds. The van der Waals surface area contributed by atoms with Crippen LogP contribution in [0, 0.1) is 11.6 Å². The number of rotatable bonds is 13.